The third kappa shape index (κ3) is 5.17. The Labute approximate surface area is 184 Å². The molecule has 3 heterocycles. The summed E-state index contributed by atoms with van der Waals surface area (Å²) in [6.07, 6.45) is 7.18. The fourth-order valence-electron chi connectivity index (χ4n) is 5.03. The van der Waals surface area contributed by atoms with E-state index in [1.165, 1.54) is 6.42 Å². The molecule has 0 aromatic carbocycles. The van der Waals surface area contributed by atoms with Crippen LogP contribution in [0.4, 0.5) is 5.95 Å². The van der Waals surface area contributed by atoms with Crippen LogP contribution in [0.1, 0.15) is 57.6 Å². The summed E-state index contributed by atoms with van der Waals surface area (Å²) in [7, 11) is 0. The molecule has 0 unspecified atom stereocenters. The third-order valence-electron chi connectivity index (χ3n) is 6.69. The molecule has 8 heteroatoms. The number of carbonyl (C=O) groups is 2. The zero-order valence-electron chi connectivity index (χ0n) is 18.8. The molecule has 3 aliphatic rings. The lowest BCUT2D eigenvalue weighted by atomic mass is 9.88. The number of rotatable bonds is 5. The molecule has 170 valence electrons. The molecule has 2 amide bonds. The number of hydrogen-bond acceptors (Lipinski definition) is 6. The second-order valence-electron chi connectivity index (χ2n) is 9.34. The van der Waals surface area contributed by atoms with Crippen molar-refractivity contribution in [2.45, 2.75) is 57.9 Å². The number of nitrogens with one attached hydrogen (secondary N) is 1. The number of anilines is 1. The van der Waals surface area contributed by atoms with Crippen LogP contribution in [-0.2, 0) is 14.3 Å². The Morgan fingerprint density at radius 3 is 2.58 bits per heavy atom. The second kappa shape index (κ2) is 9.94. The van der Waals surface area contributed by atoms with E-state index in [0.717, 1.165) is 44.5 Å². The molecular weight excluding hydrogens is 394 g/mol. The van der Waals surface area contributed by atoms with Gasteiger partial charge in [-0.25, -0.2) is 9.97 Å². The molecule has 2 aliphatic heterocycles. The van der Waals surface area contributed by atoms with Crippen LogP contribution in [0.5, 0.6) is 0 Å². The Morgan fingerprint density at radius 1 is 1.13 bits per heavy atom. The van der Waals surface area contributed by atoms with E-state index in [9.17, 15) is 9.59 Å². The lowest BCUT2D eigenvalue weighted by Gasteiger charge is -2.27. The van der Waals surface area contributed by atoms with Crippen molar-refractivity contribution in [1.29, 1.82) is 0 Å². The minimum Gasteiger partial charge on any atom is -0.378 e. The minimum atomic E-state index is -0.289. The first-order valence-corrected chi connectivity index (χ1v) is 11.8. The van der Waals surface area contributed by atoms with Gasteiger partial charge in [-0.15, -0.1) is 0 Å². The summed E-state index contributed by atoms with van der Waals surface area (Å²) < 4.78 is 5.44. The molecule has 0 bridgehead atoms. The maximum atomic E-state index is 13.2. The Morgan fingerprint density at radius 2 is 1.87 bits per heavy atom. The third-order valence-corrected chi connectivity index (χ3v) is 6.69. The predicted molar refractivity (Wildman–Crippen MR) is 118 cm³/mol. The number of morpholine rings is 1. The summed E-state index contributed by atoms with van der Waals surface area (Å²) >= 11 is 0. The van der Waals surface area contributed by atoms with Gasteiger partial charge < -0.3 is 19.9 Å². The SMILES string of the molecule is CC(C)NC(=O)[C@H]1CN(C(=O)C2CCCCC2)C[C@@H]1c1ccnc(N2CCOCC2)n1. The molecule has 4 rings (SSSR count). The zero-order chi connectivity index (χ0) is 21.8. The highest BCUT2D eigenvalue weighted by Gasteiger charge is 2.43. The van der Waals surface area contributed by atoms with Crippen LogP contribution >= 0.6 is 0 Å². The summed E-state index contributed by atoms with van der Waals surface area (Å²) in [5.41, 5.74) is 0.847. The number of ether oxygens (including phenoxy) is 1. The molecule has 1 aromatic rings. The Kier molecular flexibility index (Phi) is 7.05. The van der Waals surface area contributed by atoms with Crippen LogP contribution in [0.25, 0.3) is 0 Å². The fourth-order valence-corrected chi connectivity index (χ4v) is 5.03. The maximum Gasteiger partial charge on any atom is 0.225 e. The lowest BCUT2D eigenvalue weighted by molar-refractivity contribution is -0.135. The van der Waals surface area contributed by atoms with Gasteiger partial charge in [-0.3, -0.25) is 9.59 Å². The van der Waals surface area contributed by atoms with Crippen LogP contribution in [0.3, 0.4) is 0 Å². The highest BCUT2D eigenvalue weighted by atomic mass is 16.5. The van der Waals surface area contributed by atoms with Crippen LogP contribution in [0, 0.1) is 11.8 Å². The van der Waals surface area contributed by atoms with E-state index in [2.05, 4.69) is 15.2 Å². The molecule has 0 spiro atoms. The van der Waals surface area contributed by atoms with Crippen molar-refractivity contribution >= 4 is 17.8 Å². The van der Waals surface area contributed by atoms with E-state index in [4.69, 9.17) is 9.72 Å². The van der Waals surface area contributed by atoms with Crippen LogP contribution in [0.2, 0.25) is 0 Å². The normalized spacial score (nSPS) is 25.1. The average Bonchev–Trinajstić information content (AvgIpc) is 3.25. The van der Waals surface area contributed by atoms with E-state index in [0.29, 0.717) is 32.3 Å². The van der Waals surface area contributed by atoms with E-state index >= 15 is 0 Å². The monoisotopic (exact) mass is 429 g/mol. The summed E-state index contributed by atoms with van der Waals surface area (Å²) in [5.74, 6) is 0.602. The Balaban J connectivity index is 1.55. The topological polar surface area (TPSA) is 87.7 Å². The second-order valence-corrected chi connectivity index (χ2v) is 9.34. The van der Waals surface area contributed by atoms with Gasteiger partial charge in [-0.05, 0) is 32.8 Å². The van der Waals surface area contributed by atoms with Crippen LogP contribution in [0.15, 0.2) is 12.3 Å². The maximum absolute atomic E-state index is 13.2. The standard InChI is InChI=1S/C23H35N5O3/c1-16(2)25-21(29)19-15-28(22(30)17-6-4-3-5-7-17)14-18(19)20-8-9-24-23(26-20)27-10-12-31-13-11-27/h8-9,16-19H,3-7,10-15H2,1-2H3,(H,25,29)/t18-,19-/m0/s1. The van der Waals surface area contributed by atoms with Gasteiger partial charge in [0, 0.05) is 50.3 Å². The number of amides is 2. The highest BCUT2D eigenvalue weighted by molar-refractivity contribution is 5.84. The first-order valence-electron chi connectivity index (χ1n) is 11.8. The van der Waals surface area contributed by atoms with Crippen molar-refractivity contribution in [3.63, 3.8) is 0 Å². The summed E-state index contributed by atoms with van der Waals surface area (Å²) in [6.45, 7) is 7.80. The van der Waals surface area contributed by atoms with Crippen molar-refractivity contribution in [2.75, 3.05) is 44.3 Å². The molecular formula is C23H35N5O3. The van der Waals surface area contributed by atoms with Gasteiger partial charge in [0.2, 0.25) is 17.8 Å². The molecule has 3 fully saturated rings. The predicted octanol–water partition coefficient (Wildman–Crippen LogP) is 1.96. The van der Waals surface area contributed by atoms with Gasteiger partial charge in [0.15, 0.2) is 0 Å². The molecule has 2 atom stereocenters. The van der Waals surface area contributed by atoms with E-state index in [1.807, 2.05) is 24.8 Å². The molecule has 8 nitrogen and oxygen atoms in total. The van der Waals surface area contributed by atoms with Gasteiger partial charge >= 0.3 is 0 Å². The van der Waals surface area contributed by atoms with Gasteiger partial charge in [0.25, 0.3) is 0 Å². The van der Waals surface area contributed by atoms with Gasteiger partial charge in [0.1, 0.15) is 0 Å². The molecule has 0 radical (unpaired) electrons. The van der Waals surface area contributed by atoms with Crippen molar-refractivity contribution in [3.8, 4) is 0 Å². The van der Waals surface area contributed by atoms with Crippen molar-refractivity contribution in [1.82, 2.24) is 20.2 Å². The quantitative estimate of drug-likeness (QED) is 0.770. The highest BCUT2D eigenvalue weighted by Crippen LogP contribution is 2.35. The van der Waals surface area contributed by atoms with Crippen LogP contribution < -0.4 is 10.2 Å². The first kappa shape index (κ1) is 22.0. The number of likely N-dealkylation sites (tertiary alicyclic amines) is 1. The molecule has 1 saturated carbocycles. The number of carbonyl (C=O) groups excluding carboxylic acids is 2. The average molecular weight is 430 g/mol. The first-order chi connectivity index (χ1) is 15.0. The largest absolute Gasteiger partial charge is 0.378 e. The molecule has 1 N–H and O–H groups in total. The Hall–Kier alpha value is -2.22. The summed E-state index contributed by atoms with van der Waals surface area (Å²) in [5, 5.41) is 3.05. The number of aromatic nitrogens is 2. The molecule has 2 saturated heterocycles. The minimum absolute atomic E-state index is 0.00507. The van der Waals surface area contributed by atoms with Gasteiger partial charge in [-0.1, -0.05) is 19.3 Å². The number of hydrogen-bond donors (Lipinski definition) is 1. The number of nitrogens with zero attached hydrogens (tertiary/aromatic N) is 4. The van der Waals surface area contributed by atoms with Crippen LogP contribution in [-0.4, -0.2) is 72.1 Å². The van der Waals surface area contributed by atoms with Crippen molar-refractivity contribution in [2.24, 2.45) is 11.8 Å². The molecule has 1 aliphatic carbocycles. The summed E-state index contributed by atoms with van der Waals surface area (Å²) in [6, 6.07) is 1.96. The van der Waals surface area contributed by atoms with Crippen molar-refractivity contribution < 1.29 is 14.3 Å². The van der Waals surface area contributed by atoms with E-state index in [-0.39, 0.29) is 35.6 Å². The van der Waals surface area contributed by atoms with Gasteiger partial charge in [0.05, 0.1) is 24.8 Å². The summed E-state index contributed by atoms with van der Waals surface area (Å²) in [4.78, 5) is 39.6. The Bertz CT molecular complexity index is 774. The molecule has 31 heavy (non-hydrogen) atoms. The smallest absolute Gasteiger partial charge is 0.225 e. The molecule has 1 aromatic heterocycles. The van der Waals surface area contributed by atoms with Crippen molar-refractivity contribution in [3.05, 3.63) is 18.0 Å². The lowest BCUT2D eigenvalue weighted by Crippen LogP contribution is -2.40. The van der Waals surface area contributed by atoms with Gasteiger partial charge in [-0.2, -0.15) is 0 Å². The zero-order valence-corrected chi connectivity index (χ0v) is 18.8. The van der Waals surface area contributed by atoms with E-state index in [1.54, 1.807) is 6.20 Å². The van der Waals surface area contributed by atoms with E-state index < -0.39 is 0 Å². The fraction of sp³-hybridized carbons (Fsp3) is 0.739.